The zero-order chi connectivity index (χ0) is 14.7. The van der Waals surface area contributed by atoms with E-state index in [0.717, 1.165) is 25.1 Å². The third-order valence-corrected chi connectivity index (χ3v) is 3.70. The van der Waals surface area contributed by atoms with E-state index in [9.17, 15) is 14.9 Å². The van der Waals surface area contributed by atoms with Gasteiger partial charge in [-0.2, -0.15) is 0 Å². The Labute approximate surface area is 117 Å². The molecule has 0 aromatic heterocycles. The molecule has 0 aliphatic carbocycles. The van der Waals surface area contributed by atoms with Gasteiger partial charge in [-0.15, -0.1) is 0 Å². The molecule has 6 heteroatoms. The summed E-state index contributed by atoms with van der Waals surface area (Å²) in [6.45, 7) is 3.18. The van der Waals surface area contributed by atoms with E-state index in [1.807, 2.05) is 0 Å². The molecule has 108 valence electrons. The average Bonchev–Trinajstić information content (AvgIpc) is 2.46. The zero-order valence-corrected chi connectivity index (χ0v) is 11.7. The average molecular weight is 278 g/mol. The van der Waals surface area contributed by atoms with Crippen molar-refractivity contribution in [3.63, 3.8) is 0 Å². The van der Waals surface area contributed by atoms with E-state index in [4.69, 9.17) is 4.74 Å². The monoisotopic (exact) mass is 278 g/mol. The first-order valence-corrected chi connectivity index (χ1v) is 6.60. The van der Waals surface area contributed by atoms with E-state index >= 15 is 0 Å². The number of hydrogen-bond acceptors (Lipinski definition) is 5. The normalized spacial score (nSPS) is 18.7. The number of carbonyl (C=O) groups excluding carboxylic acids is 1. The highest BCUT2D eigenvalue weighted by molar-refractivity contribution is 5.73. The van der Waals surface area contributed by atoms with E-state index in [1.54, 1.807) is 19.1 Å². The first kappa shape index (κ1) is 14.3. The summed E-state index contributed by atoms with van der Waals surface area (Å²) in [4.78, 5) is 24.1. The number of rotatable bonds is 3. The molecule has 1 aromatic rings. The summed E-state index contributed by atoms with van der Waals surface area (Å²) in [6.07, 6.45) is 1.74. The highest BCUT2D eigenvalue weighted by atomic mass is 16.6. The Bertz CT molecular complexity index is 530. The molecule has 0 bridgehead atoms. The van der Waals surface area contributed by atoms with Crippen molar-refractivity contribution in [3.05, 3.63) is 33.9 Å². The van der Waals surface area contributed by atoms with Crippen LogP contribution in [-0.4, -0.2) is 31.1 Å². The molecule has 0 radical (unpaired) electrons. The van der Waals surface area contributed by atoms with Crippen LogP contribution in [0.4, 0.5) is 11.4 Å². The maximum Gasteiger partial charge on any atom is 0.310 e. The van der Waals surface area contributed by atoms with Crippen molar-refractivity contribution >= 4 is 17.3 Å². The van der Waals surface area contributed by atoms with Gasteiger partial charge in [0.05, 0.1) is 18.0 Å². The van der Waals surface area contributed by atoms with Gasteiger partial charge >= 0.3 is 5.97 Å². The number of ether oxygens (including phenoxy) is 1. The molecule has 0 N–H and O–H groups in total. The smallest absolute Gasteiger partial charge is 0.310 e. The third kappa shape index (κ3) is 2.89. The quantitative estimate of drug-likeness (QED) is 0.482. The molecule has 6 nitrogen and oxygen atoms in total. The van der Waals surface area contributed by atoms with Crippen LogP contribution in [0.3, 0.4) is 0 Å². The van der Waals surface area contributed by atoms with Gasteiger partial charge in [-0.3, -0.25) is 14.9 Å². The first-order chi connectivity index (χ1) is 9.52. The second kappa shape index (κ2) is 5.90. The van der Waals surface area contributed by atoms with Gasteiger partial charge in [-0.1, -0.05) is 0 Å². The van der Waals surface area contributed by atoms with Gasteiger partial charge < -0.3 is 9.64 Å². The van der Waals surface area contributed by atoms with E-state index < -0.39 is 0 Å². The Hall–Kier alpha value is -2.11. The Morgan fingerprint density at radius 1 is 1.50 bits per heavy atom. The van der Waals surface area contributed by atoms with Crippen LogP contribution in [0.25, 0.3) is 0 Å². The van der Waals surface area contributed by atoms with Gasteiger partial charge in [0.15, 0.2) is 0 Å². The number of nitro benzene ring substituents is 1. The van der Waals surface area contributed by atoms with E-state index in [2.05, 4.69) is 4.90 Å². The van der Waals surface area contributed by atoms with E-state index in [0.29, 0.717) is 12.1 Å². The Morgan fingerprint density at radius 2 is 2.25 bits per heavy atom. The lowest BCUT2D eigenvalue weighted by atomic mass is 9.97. The van der Waals surface area contributed by atoms with Crippen LogP contribution >= 0.6 is 0 Å². The van der Waals surface area contributed by atoms with Crippen LogP contribution in [0.2, 0.25) is 0 Å². The summed E-state index contributed by atoms with van der Waals surface area (Å²) < 4.78 is 4.79. The minimum Gasteiger partial charge on any atom is -0.469 e. The molecule has 1 fully saturated rings. The molecule has 1 atom stereocenters. The molecule has 0 unspecified atom stereocenters. The van der Waals surface area contributed by atoms with Crippen LogP contribution in [0, 0.1) is 23.0 Å². The number of aryl methyl sites for hydroxylation is 1. The van der Waals surface area contributed by atoms with Gasteiger partial charge in [0.2, 0.25) is 0 Å². The minimum atomic E-state index is -0.382. The van der Waals surface area contributed by atoms with Gasteiger partial charge in [0, 0.05) is 30.4 Å². The Kier molecular flexibility index (Phi) is 4.22. The van der Waals surface area contributed by atoms with Crippen molar-refractivity contribution in [3.8, 4) is 0 Å². The number of hydrogen-bond donors (Lipinski definition) is 0. The topological polar surface area (TPSA) is 72.7 Å². The number of nitro groups is 1. The second-order valence-corrected chi connectivity index (χ2v) is 5.04. The summed E-state index contributed by atoms with van der Waals surface area (Å²) in [6, 6.07) is 5.06. The molecule has 1 aliphatic rings. The number of nitrogens with zero attached hydrogens (tertiary/aromatic N) is 2. The highest BCUT2D eigenvalue weighted by Gasteiger charge is 2.27. The maximum absolute atomic E-state index is 11.6. The fraction of sp³-hybridized carbons (Fsp3) is 0.500. The minimum absolute atomic E-state index is 0.121. The number of esters is 1. The molecule has 1 heterocycles. The molecule has 0 saturated carbocycles. The lowest BCUT2D eigenvalue weighted by Gasteiger charge is -2.33. The Balaban J connectivity index is 2.17. The molecular weight excluding hydrogens is 260 g/mol. The molecule has 1 aromatic carbocycles. The Morgan fingerprint density at radius 3 is 2.85 bits per heavy atom. The van der Waals surface area contributed by atoms with Crippen molar-refractivity contribution in [2.75, 3.05) is 25.1 Å². The van der Waals surface area contributed by atoms with Gasteiger partial charge in [0.25, 0.3) is 5.69 Å². The first-order valence-electron chi connectivity index (χ1n) is 6.60. The standard InChI is InChI=1S/C14H18N2O4/c1-10-8-12(5-6-13(10)16(18)19)15-7-3-4-11(9-15)14(17)20-2/h5-6,8,11H,3-4,7,9H2,1-2H3/t11-/m1/s1. The fourth-order valence-corrected chi connectivity index (χ4v) is 2.61. The lowest BCUT2D eigenvalue weighted by Crippen LogP contribution is -2.39. The van der Waals surface area contributed by atoms with Gasteiger partial charge in [-0.05, 0) is 31.9 Å². The third-order valence-electron chi connectivity index (χ3n) is 3.70. The molecule has 1 aliphatic heterocycles. The predicted octanol–water partition coefficient (Wildman–Crippen LogP) is 2.29. The van der Waals surface area contributed by atoms with Crippen molar-refractivity contribution in [2.45, 2.75) is 19.8 Å². The van der Waals surface area contributed by atoms with E-state index in [-0.39, 0.29) is 22.5 Å². The summed E-state index contributed by atoms with van der Waals surface area (Å²) in [7, 11) is 1.40. The molecule has 0 spiro atoms. The van der Waals surface area contributed by atoms with Crippen molar-refractivity contribution in [1.82, 2.24) is 0 Å². The van der Waals surface area contributed by atoms with Crippen molar-refractivity contribution in [1.29, 1.82) is 0 Å². The van der Waals surface area contributed by atoms with Crippen LogP contribution in [-0.2, 0) is 9.53 Å². The number of piperidine rings is 1. The van der Waals surface area contributed by atoms with Gasteiger partial charge in [0.1, 0.15) is 0 Å². The summed E-state index contributed by atoms with van der Waals surface area (Å²) in [5, 5.41) is 10.8. The molecular formula is C14H18N2O4. The SMILES string of the molecule is COC(=O)[C@@H]1CCCN(c2ccc([N+](=O)[O-])c(C)c2)C1. The van der Waals surface area contributed by atoms with Crippen LogP contribution in [0.1, 0.15) is 18.4 Å². The molecule has 20 heavy (non-hydrogen) atoms. The predicted molar refractivity (Wildman–Crippen MR) is 74.8 cm³/mol. The molecule has 1 saturated heterocycles. The van der Waals surface area contributed by atoms with Crippen molar-refractivity contribution in [2.24, 2.45) is 5.92 Å². The summed E-state index contributed by atoms with van der Waals surface area (Å²) in [5.41, 5.74) is 1.67. The van der Waals surface area contributed by atoms with Gasteiger partial charge in [-0.25, -0.2) is 0 Å². The van der Waals surface area contributed by atoms with Crippen LogP contribution < -0.4 is 4.90 Å². The summed E-state index contributed by atoms with van der Waals surface area (Å²) in [5.74, 6) is -0.308. The second-order valence-electron chi connectivity index (χ2n) is 5.04. The van der Waals surface area contributed by atoms with Crippen LogP contribution in [0.5, 0.6) is 0 Å². The largest absolute Gasteiger partial charge is 0.469 e. The zero-order valence-electron chi connectivity index (χ0n) is 11.7. The summed E-state index contributed by atoms with van der Waals surface area (Å²) >= 11 is 0. The number of benzene rings is 1. The maximum atomic E-state index is 11.6. The van der Waals surface area contributed by atoms with Crippen molar-refractivity contribution < 1.29 is 14.5 Å². The number of methoxy groups -OCH3 is 1. The number of anilines is 1. The van der Waals surface area contributed by atoms with Crippen LogP contribution in [0.15, 0.2) is 18.2 Å². The van der Waals surface area contributed by atoms with E-state index in [1.165, 1.54) is 13.2 Å². The lowest BCUT2D eigenvalue weighted by molar-refractivity contribution is -0.385. The molecule has 0 amide bonds. The number of carbonyl (C=O) groups is 1. The fourth-order valence-electron chi connectivity index (χ4n) is 2.61. The molecule has 2 rings (SSSR count). The highest BCUT2D eigenvalue weighted by Crippen LogP contribution is 2.28.